The van der Waals surface area contributed by atoms with Crippen LogP contribution >= 0.6 is 0 Å². The molecule has 2 aromatic carbocycles. The number of ether oxygens (including phenoxy) is 3. The molecule has 2 amide bonds. The zero-order valence-electron chi connectivity index (χ0n) is 21.5. The summed E-state index contributed by atoms with van der Waals surface area (Å²) in [5.41, 5.74) is -0.111. The predicted molar refractivity (Wildman–Crippen MR) is 141 cm³/mol. The summed E-state index contributed by atoms with van der Waals surface area (Å²) in [6.07, 6.45) is 7.10. The normalized spacial score (nSPS) is 30.6. The molecule has 0 saturated carbocycles. The first-order valence-electron chi connectivity index (χ1n) is 13.1. The lowest BCUT2D eigenvalue weighted by Crippen LogP contribution is -2.56. The molecule has 0 aromatic heterocycles. The lowest BCUT2D eigenvalue weighted by atomic mass is 9.77. The van der Waals surface area contributed by atoms with Crippen molar-refractivity contribution < 1.29 is 33.7 Å². The number of carbonyl (C=O) groups excluding carboxylic acids is 3. The molecule has 0 aliphatic carbocycles. The summed E-state index contributed by atoms with van der Waals surface area (Å²) in [5.74, 6) is -2.55. The van der Waals surface area contributed by atoms with Crippen LogP contribution in [0.1, 0.15) is 18.0 Å². The van der Waals surface area contributed by atoms with E-state index in [1.807, 2.05) is 42.5 Å². The molecule has 4 aliphatic rings. The molecule has 6 atom stereocenters. The highest BCUT2D eigenvalue weighted by Crippen LogP contribution is 2.55. The lowest BCUT2D eigenvalue weighted by molar-refractivity contribution is -0.155. The molecule has 4 heterocycles. The van der Waals surface area contributed by atoms with Crippen LogP contribution in [0, 0.1) is 11.8 Å². The maximum atomic E-state index is 14.5. The topological polar surface area (TPSA) is 106 Å². The maximum absolute atomic E-state index is 14.5. The van der Waals surface area contributed by atoms with E-state index in [1.54, 1.807) is 48.4 Å². The monoisotopic (exact) mass is 530 g/mol. The highest BCUT2D eigenvalue weighted by Gasteiger charge is 2.72. The number of amides is 2. The Bertz CT molecular complexity index is 1320. The van der Waals surface area contributed by atoms with Crippen molar-refractivity contribution in [1.29, 1.82) is 0 Å². The first-order valence-corrected chi connectivity index (χ1v) is 13.1. The van der Waals surface area contributed by atoms with Crippen LogP contribution in [0.3, 0.4) is 0 Å². The van der Waals surface area contributed by atoms with Gasteiger partial charge < -0.3 is 29.1 Å². The summed E-state index contributed by atoms with van der Waals surface area (Å²) in [7, 11) is 1.57. The number of nitrogens with zero attached hydrogens (tertiary/aromatic N) is 2. The molecule has 2 fully saturated rings. The van der Waals surface area contributed by atoms with E-state index in [1.165, 1.54) is 4.90 Å². The molecule has 9 nitrogen and oxygen atoms in total. The lowest BCUT2D eigenvalue weighted by Gasteiger charge is -2.38. The van der Waals surface area contributed by atoms with Gasteiger partial charge in [-0.1, -0.05) is 54.6 Å². The van der Waals surface area contributed by atoms with Gasteiger partial charge in [-0.05, 0) is 36.2 Å². The number of methoxy groups -OCH3 is 1. The van der Waals surface area contributed by atoms with Crippen LogP contribution in [0.15, 0.2) is 78.9 Å². The summed E-state index contributed by atoms with van der Waals surface area (Å²) < 4.78 is 17.4. The Morgan fingerprint density at radius 1 is 1.05 bits per heavy atom. The van der Waals surface area contributed by atoms with Crippen LogP contribution in [-0.2, 0) is 23.9 Å². The molecule has 6 rings (SSSR count). The molecule has 2 saturated heterocycles. The molecule has 1 unspecified atom stereocenters. The van der Waals surface area contributed by atoms with Gasteiger partial charge in [0.05, 0.1) is 38.4 Å². The minimum Gasteiger partial charge on any atom is -0.497 e. The van der Waals surface area contributed by atoms with Crippen LogP contribution in [0.5, 0.6) is 5.75 Å². The highest BCUT2D eigenvalue weighted by molar-refractivity contribution is 6.05. The molecule has 0 radical (unpaired) electrons. The van der Waals surface area contributed by atoms with Gasteiger partial charge >= 0.3 is 5.97 Å². The average Bonchev–Trinajstić information content (AvgIpc) is 3.33. The van der Waals surface area contributed by atoms with Gasteiger partial charge in [-0.3, -0.25) is 14.4 Å². The first-order chi connectivity index (χ1) is 19.0. The van der Waals surface area contributed by atoms with Crippen molar-refractivity contribution >= 4 is 23.5 Å². The van der Waals surface area contributed by atoms with E-state index < -0.39 is 54.1 Å². The van der Waals surface area contributed by atoms with Gasteiger partial charge in [-0.2, -0.15) is 0 Å². The smallest absolute Gasteiger partial charge is 0.312 e. The highest BCUT2D eigenvalue weighted by atomic mass is 16.6. The number of aliphatic hydroxyl groups excluding tert-OH is 1. The van der Waals surface area contributed by atoms with Gasteiger partial charge in [-0.25, -0.2) is 0 Å². The zero-order valence-corrected chi connectivity index (χ0v) is 21.5. The van der Waals surface area contributed by atoms with Gasteiger partial charge in [-0.15, -0.1) is 0 Å². The fourth-order valence-corrected chi connectivity index (χ4v) is 6.41. The van der Waals surface area contributed by atoms with Gasteiger partial charge in [0.2, 0.25) is 5.91 Å². The molecule has 9 heteroatoms. The standard InChI is InChI=1S/C30H30N2O7/c1-37-21-13-11-20(12-14-21)31-16-7-15-30-25(24-23(39-30)10-5-6-17-38-29(24)36)27(34)32(26(30)28(31)35)22(18-33)19-8-3-2-4-9-19/h2-5,7-15,22-26,33H,6,16-18H2,1H3/t22-,23-,24+,25+,26?,30+/m1/s1. The van der Waals surface area contributed by atoms with Crippen LogP contribution in [-0.4, -0.2) is 72.4 Å². The minimum absolute atomic E-state index is 0.211. The van der Waals surface area contributed by atoms with E-state index in [2.05, 4.69) is 0 Å². The second-order valence-corrected chi connectivity index (χ2v) is 10.1. The fourth-order valence-electron chi connectivity index (χ4n) is 6.41. The van der Waals surface area contributed by atoms with E-state index in [9.17, 15) is 19.5 Å². The summed E-state index contributed by atoms with van der Waals surface area (Å²) in [4.78, 5) is 45.2. The van der Waals surface area contributed by atoms with Crippen LogP contribution in [0.25, 0.3) is 0 Å². The van der Waals surface area contributed by atoms with Crippen molar-refractivity contribution in [2.24, 2.45) is 11.8 Å². The number of cyclic esters (lactones) is 1. The third kappa shape index (κ3) is 3.95. The molecule has 202 valence electrons. The number of likely N-dealkylation sites (tertiary alicyclic amines) is 1. The van der Waals surface area contributed by atoms with Crippen LogP contribution < -0.4 is 9.64 Å². The van der Waals surface area contributed by atoms with Crippen molar-refractivity contribution in [1.82, 2.24) is 4.90 Å². The van der Waals surface area contributed by atoms with E-state index in [0.29, 0.717) is 23.4 Å². The Morgan fingerprint density at radius 2 is 1.82 bits per heavy atom. The van der Waals surface area contributed by atoms with E-state index in [0.717, 1.165) is 0 Å². The number of hydrogen-bond donors (Lipinski definition) is 1. The fraction of sp³-hybridized carbons (Fsp3) is 0.367. The number of aliphatic hydroxyl groups is 1. The third-order valence-electron chi connectivity index (χ3n) is 8.14. The Morgan fingerprint density at radius 3 is 2.54 bits per heavy atom. The Kier molecular flexibility index (Phi) is 6.48. The SMILES string of the molecule is COc1ccc(N2CC=C[C@]34O[C@@H]5C=CCCOC(=O)[C@@H]5[C@H]3C(=O)N([C@H](CO)c3ccccc3)C4C2=O)cc1. The van der Waals surface area contributed by atoms with E-state index >= 15 is 0 Å². The number of rotatable bonds is 5. The van der Waals surface area contributed by atoms with Gasteiger partial charge in [0.25, 0.3) is 5.91 Å². The average molecular weight is 531 g/mol. The van der Waals surface area contributed by atoms with Crippen molar-refractivity contribution in [3.8, 4) is 5.75 Å². The number of hydrogen-bond acceptors (Lipinski definition) is 7. The van der Waals surface area contributed by atoms with Crippen LogP contribution in [0.2, 0.25) is 0 Å². The maximum Gasteiger partial charge on any atom is 0.312 e. The van der Waals surface area contributed by atoms with Gasteiger partial charge in [0, 0.05) is 12.2 Å². The number of carbonyl (C=O) groups is 3. The third-order valence-corrected chi connectivity index (χ3v) is 8.14. The van der Waals surface area contributed by atoms with Gasteiger partial charge in [0.1, 0.15) is 23.3 Å². The van der Waals surface area contributed by atoms with E-state index in [4.69, 9.17) is 14.2 Å². The van der Waals surface area contributed by atoms with Crippen molar-refractivity contribution in [3.63, 3.8) is 0 Å². The van der Waals surface area contributed by atoms with Crippen molar-refractivity contribution in [3.05, 3.63) is 84.5 Å². The molecule has 1 spiro atoms. The number of esters is 1. The Balaban J connectivity index is 1.50. The van der Waals surface area contributed by atoms with Crippen molar-refractivity contribution in [2.45, 2.75) is 30.2 Å². The quantitative estimate of drug-likeness (QED) is 0.468. The molecule has 4 aliphatic heterocycles. The molecule has 0 bridgehead atoms. The molecule has 39 heavy (non-hydrogen) atoms. The zero-order chi connectivity index (χ0) is 27.1. The summed E-state index contributed by atoms with van der Waals surface area (Å²) >= 11 is 0. The van der Waals surface area contributed by atoms with Crippen LogP contribution in [0.4, 0.5) is 5.69 Å². The summed E-state index contributed by atoms with van der Waals surface area (Å²) in [6.45, 7) is 0.0439. The number of benzene rings is 2. The van der Waals surface area contributed by atoms with Crippen molar-refractivity contribution in [2.75, 3.05) is 31.8 Å². The predicted octanol–water partition coefficient (Wildman–Crippen LogP) is 2.42. The Hall–Kier alpha value is -3.95. The number of fused-ring (bicyclic) bond motifs is 2. The first kappa shape index (κ1) is 25.3. The molecule has 1 N–H and O–H groups in total. The second kappa shape index (κ2) is 9.98. The Labute approximate surface area is 226 Å². The largest absolute Gasteiger partial charge is 0.497 e. The molecular weight excluding hydrogens is 500 g/mol. The van der Waals surface area contributed by atoms with Gasteiger partial charge in [0.15, 0.2) is 0 Å². The summed E-state index contributed by atoms with van der Waals surface area (Å²) in [5, 5.41) is 10.6. The van der Waals surface area contributed by atoms with E-state index in [-0.39, 0.29) is 19.1 Å². The molecule has 2 aromatic rings. The summed E-state index contributed by atoms with van der Waals surface area (Å²) in [6, 6.07) is 14.3. The number of anilines is 1. The molecular formula is C30H30N2O7. The minimum atomic E-state index is -1.42. The second-order valence-electron chi connectivity index (χ2n) is 10.1.